The van der Waals surface area contributed by atoms with Crippen molar-refractivity contribution in [1.29, 1.82) is 0 Å². The highest BCUT2D eigenvalue weighted by Crippen LogP contribution is 2.35. The zero-order chi connectivity index (χ0) is 21.9. The first-order valence-corrected chi connectivity index (χ1v) is 10.5. The average molecular weight is 430 g/mol. The molecule has 1 fully saturated rings. The van der Waals surface area contributed by atoms with Crippen LogP contribution in [0.15, 0.2) is 67.5 Å². The number of aromatic nitrogens is 5. The van der Waals surface area contributed by atoms with Crippen LogP contribution >= 0.6 is 0 Å². The van der Waals surface area contributed by atoms with Gasteiger partial charge in [-0.1, -0.05) is 0 Å². The van der Waals surface area contributed by atoms with E-state index in [1.54, 1.807) is 38.0 Å². The van der Waals surface area contributed by atoms with Crippen molar-refractivity contribution in [2.24, 2.45) is 0 Å². The Bertz CT molecular complexity index is 1190. The highest BCUT2D eigenvalue weighted by molar-refractivity contribution is 5.76. The first kappa shape index (κ1) is 20.3. The minimum absolute atomic E-state index is 0.255. The van der Waals surface area contributed by atoms with Crippen molar-refractivity contribution in [2.75, 3.05) is 20.2 Å². The van der Waals surface area contributed by atoms with Gasteiger partial charge in [-0.05, 0) is 48.4 Å². The maximum atomic E-state index is 13.5. The van der Waals surface area contributed by atoms with Crippen LogP contribution in [0, 0.1) is 5.82 Å². The van der Waals surface area contributed by atoms with Crippen LogP contribution in [0.25, 0.3) is 22.6 Å². The third kappa shape index (κ3) is 4.09. The highest BCUT2D eigenvalue weighted by atomic mass is 19.1. The summed E-state index contributed by atoms with van der Waals surface area (Å²) in [4.78, 5) is 19.8. The number of pyridine rings is 1. The molecule has 7 nitrogen and oxygen atoms in total. The number of ether oxygens (including phenoxy) is 1. The smallest absolute Gasteiger partial charge is 0.213 e. The number of hydrogen-bond donors (Lipinski definition) is 0. The standard InChI is InChI=1S/C24H23FN6O/c1-32-22-12-17(6-10-27-22)13-30-11-8-20(14-30)31-16-29-23(18-2-4-19(25)5-3-18)24(31)21-7-9-26-15-28-21/h2-7,9-10,12,15-16,20H,8,11,13-14H2,1H3. The van der Waals surface area contributed by atoms with Crippen LogP contribution in [-0.2, 0) is 6.54 Å². The Kier molecular flexibility index (Phi) is 5.60. The van der Waals surface area contributed by atoms with Gasteiger partial charge in [0.25, 0.3) is 0 Å². The van der Waals surface area contributed by atoms with E-state index in [-0.39, 0.29) is 11.9 Å². The fourth-order valence-electron chi connectivity index (χ4n) is 4.24. The third-order valence-electron chi connectivity index (χ3n) is 5.79. The third-order valence-corrected chi connectivity index (χ3v) is 5.79. The second-order valence-electron chi connectivity index (χ2n) is 7.83. The second-order valence-corrected chi connectivity index (χ2v) is 7.83. The molecule has 3 aromatic heterocycles. The van der Waals surface area contributed by atoms with Gasteiger partial charge in [-0.25, -0.2) is 24.3 Å². The van der Waals surface area contributed by atoms with Crippen LogP contribution < -0.4 is 4.74 Å². The SMILES string of the molecule is COc1cc(CN2CCC(n3cnc(-c4ccc(F)cc4)c3-c3ccncn3)C2)ccn1. The summed E-state index contributed by atoms with van der Waals surface area (Å²) in [7, 11) is 1.63. The van der Waals surface area contributed by atoms with E-state index >= 15 is 0 Å². The summed E-state index contributed by atoms with van der Waals surface area (Å²) in [6.45, 7) is 2.70. The van der Waals surface area contributed by atoms with E-state index in [0.717, 1.165) is 48.7 Å². The molecule has 8 heteroatoms. The molecule has 32 heavy (non-hydrogen) atoms. The van der Waals surface area contributed by atoms with Crippen LogP contribution in [0.1, 0.15) is 18.0 Å². The minimum Gasteiger partial charge on any atom is -0.481 e. The Morgan fingerprint density at radius 2 is 1.94 bits per heavy atom. The Balaban J connectivity index is 1.44. The Labute approximate surface area is 185 Å². The number of nitrogens with zero attached hydrogens (tertiary/aromatic N) is 6. The average Bonchev–Trinajstić information content (AvgIpc) is 3.47. The molecule has 1 unspecified atom stereocenters. The van der Waals surface area contributed by atoms with Crippen LogP contribution in [0.4, 0.5) is 4.39 Å². The van der Waals surface area contributed by atoms with Gasteiger partial charge in [-0.2, -0.15) is 0 Å². The van der Waals surface area contributed by atoms with Crippen molar-refractivity contribution >= 4 is 0 Å². The maximum absolute atomic E-state index is 13.5. The van der Waals surface area contributed by atoms with Gasteiger partial charge < -0.3 is 9.30 Å². The van der Waals surface area contributed by atoms with Gasteiger partial charge in [0, 0.05) is 49.7 Å². The molecule has 0 N–H and O–H groups in total. The van der Waals surface area contributed by atoms with Gasteiger partial charge in [-0.3, -0.25) is 4.90 Å². The quantitative estimate of drug-likeness (QED) is 0.461. The summed E-state index contributed by atoms with van der Waals surface area (Å²) in [5.41, 5.74) is 4.55. The summed E-state index contributed by atoms with van der Waals surface area (Å²) in [6.07, 6.45) is 7.92. The fourth-order valence-corrected chi connectivity index (χ4v) is 4.24. The largest absolute Gasteiger partial charge is 0.481 e. The highest BCUT2D eigenvalue weighted by Gasteiger charge is 2.28. The molecule has 5 rings (SSSR count). The fraction of sp³-hybridized carbons (Fsp3) is 0.250. The number of imidazole rings is 1. The van der Waals surface area contributed by atoms with Crippen molar-refractivity contribution in [3.05, 3.63) is 78.9 Å². The molecule has 162 valence electrons. The second kappa shape index (κ2) is 8.84. The van der Waals surface area contributed by atoms with Crippen molar-refractivity contribution in [2.45, 2.75) is 19.0 Å². The summed E-state index contributed by atoms with van der Waals surface area (Å²) in [6, 6.07) is 12.6. The molecule has 1 atom stereocenters. The van der Waals surface area contributed by atoms with E-state index in [2.05, 4.69) is 24.4 Å². The molecule has 4 heterocycles. The first-order valence-electron chi connectivity index (χ1n) is 10.5. The van der Waals surface area contributed by atoms with E-state index in [1.165, 1.54) is 17.7 Å². The predicted octanol–water partition coefficient (Wildman–Crippen LogP) is 4.00. The van der Waals surface area contributed by atoms with E-state index < -0.39 is 0 Å². The Morgan fingerprint density at radius 3 is 2.72 bits per heavy atom. The van der Waals surface area contributed by atoms with Gasteiger partial charge >= 0.3 is 0 Å². The number of hydrogen-bond acceptors (Lipinski definition) is 6. The van der Waals surface area contributed by atoms with Gasteiger partial charge in [0.15, 0.2) is 0 Å². The van der Waals surface area contributed by atoms with Crippen molar-refractivity contribution in [3.63, 3.8) is 0 Å². The first-order chi connectivity index (χ1) is 15.7. The van der Waals surface area contributed by atoms with Gasteiger partial charge in [0.05, 0.1) is 30.5 Å². The number of halogens is 1. The topological polar surface area (TPSA) is 69.0 Å². The van der Waals surface area contributed by atoms with Gasteiger partial charge in [0.2, 0.25) is 5.88 Å². The molecule has 1 saturated heterocycles. The summed E-state index contributed by atoms with van der Waals surface area (Å²) in [5.74, 6) is 0.360. The van der Waals surface area contributed by atoms with Gasteiger partial charge in [-0.15, -0.1) is 0 Å². The van der Waals surface area contributed by atoms with E-state index in [4.69, 9.17) is 9.72 Å². The summed E-state index contributed by atoms with van der Waals surface area (Å²) < 4.78 is 20.9. The van der Waals surface area contributed by atoms with Crippen LogP contribution in [0.5, 0.6) is 5.88 Å². The van der Waals surface area contributed by atoms with Gasteiger partial charge in [0.1, 0.15) is 12.1 Å². The van der Waals surface area contributed by atoms with E-state index in [9.17, 15) is 4.39 Å². The van der Waals surface area contributed by atoms with Crippen LogP contribution in [-0.4, -0.2) is 49.6 Å². The van der Waals surface area contributed by atoms with Crippen molar-refractivity contribution in [1.82, 2.24) is 29.4 Å². The van der Waals surface area contributed by atoms with Crippen molar-refractivity contribution in [3.8, 4) is 28.5 Å². The zero-order valence-corrected chi connectivity index (χ0v) is 17.7. The van der Waals surface area contributed by atoms with Crippen LogP contribution in [0.2, 0.25) is 0 Å². The van der Waals surface area contributed by atoms with Crippen molar-refractivity contribution < 1.29 is 9.13 Å². The monoisotopic (exact) mass is 430 g/mol. The lowest BCUT2D eigenvalue weighted by molar-refractivity contribution is 0.315. The molecular weight excluding hydrogens is 407 g/mol. The number of rotatable bonds is 6. The number of likely N-dealkylation sites (tertiary alicyclic amines) is 1. The minimum atomic E-state index is -0.268. The molecule has 1 aromatic carbocycles. The van der Waals surface area contributed by atoms with Crippen LogP contribution in [0.3, 0.4) is 0 Å². The normalized spacial score (nSPS) is 16.4. The summed E-state index contributed by atoms with van der Waals surface area (Å²) >= 11 is 0. The zero-order valence-electron chi connectivity index (χ0n) is 17.7. The molecule has 1 aliphatic heterocycles. The Morgan fingerprint density at radius 1 is 1.06 bits per heavy atom. The molecular formula is C24H23FN6O. The molecule has 0 amide bonds. The predicted molar refractivity (Wildman–Crippen MR) is 118 cm³/mol. The van der Waals surface area contributed by atoms with E-state index in [0.29, 0.717) is 5.88 Å². The molecule has 0 aliphatic carbocycles. The maximum Gasteiger partial charge on any atom is 0.213 e. The molecule has 1 aliphatic rings. The number of benzene rings is 1. The summed E-state index contributed by atoms with van der Waals surface area (Å²) in [5, 5.41) is 0. The number of methoxy groups -OCH3 is 1. The Hall–Kier alpha value is -3.65. The molecule has 0 spiro atoms. The van der Waals surface area contributed by atoms with E-state index in [1.807, 2.05) is 24.5 Å². The lowest BCUT2D eigenvalue weighted by Crippen LogP contribution is -2.21. The molecule has 4 aromatic rings. The lowest BCUT2D eigenvalue weighted by Gasteiger charge is -2.19. The molecule has 0 bridgehead atoms. The molecule has 0 saturated carbocycles. The molecule has 0 radical (unpaired) electrons. The lowest BCUT2D eigenvalue weighted by atomic mass is 10.1.